The van der Waals surface area contributed by atoms with Crippen molar-refractivity contribution in [3.8, 4) is 50.3 Å². The smallest absolute Gasteiger partial charge is 0.122 e. The monoisotopic (exact) mass is 800 g/mol. The van der Waals surface area contributed by atoms with Crippen LogP contribution in [0.4, 0.5) is 17.2 Å². The summed E-state index contributed by atoms with van der Waals surface area (Å²) in [6, 6.07) is 72.3. The first-order valence-electron chi connectivity index (χ1n) is 21.6. The largest absolute Gasteiger partial charge is 0.296 e. The van der Waals surface area contributed by atoms with Gasteiger partial charge in [-0.3, -0.25) is 9.47 Å². The second kappa shape index (κ2) is 14.1. The molecule has 0 bridgehead atoms. The number of para-hydroxylation sites is 1. The van der Waals surface area contributed by atoms with E-state index >= 15 is 0 Å². The van der Waals surface area contributed by atoms with E-state index in [1.54, 1.807) is 0 Å². The zero-order valence-corrected chi connectivity index (χ0v) is 35.2. The number of thiophene rings is 1. The van der Waals surface area contributed by atoms with Gasteiger partial charge in [-0.2, -0.15) is 0 Å². The summed E-state index contributed by atoms with van der Waals surface area (Å²) in [5.41, 5.74) is 19.1. The molecule has 3 heteroatoms. The van der Waals surface area contributed by atoms with Gasteiger partial charge in [0.25, 0.3) is 0 Å². The lowest BCUT2D eigenvalue weighted by molar-refractivity contribution is 0.660. The van der Waals surface area contributed by atoms with Crippen LogP contribution in [0.5, 0.6) is 0 Å². The topological polar surface area (TPSA) is 8.17 Å². The van der Waals surface area contributed by atoms with Crippen molar-refractivity contribution in [2.24, 2.45) is 0 Å². The molecular weight excluding hydrogens is 757 g/mol. The molecule has 0 amide bonds. The van der Waals surface area contributed by atoms with Gasteiger partial charge < -0.3 is 0 Å². The van der Waals surface area contributed by atoms with E-state index in [4.69, 9.17) is 0 Å². The zero-order chi connectivity index (χ0) is 40.7. The number of aryl methyl sites for hydroxylation is 1. The van der Waals surface area contributed by atoms with E-state index in [1.807, 2.05) is 11.3 Å². The molecular formula is C58H44N2S. The predicted octanol–water partition coefficient (Wildman–Crippen LogP) is 16.1. The molecule has 2 heterocycles. The van der Waals surface area contributed by atoms with E-state index in [0.717, 1.165) is 41.4 Å². The fourth-order valence-electron chi connectivity index (χ4n) is 10.4. The number of nitrogens with zero attached hydrogens (tertiary/aromatic N) is 2. The lowest BCUT2D eigenvalue weighted by Gasteiger charge is -2.30. The van der Waals surface area contributed by atoms with E-state index in [9.17, 15) is 0 Å². The van der Waals surface area contributed by atoms with Crippen molar-refractivity contribution in [2.75, 3.05) is 4.90 Å². The van der Waals surface area contributed by atoms with Crippen LogP contribution in [-0.2, 0) is 18.3 Å². The highest BCUT2D eigenvalue weighted by Crippen LogP contribution is 2.55. The first-order valence-corrected chi connectivity index (χ1v) is 22.4. The van der Waals surface area contributed by atoms with Crippen molar-refractivity contribution in [1.82, 2.24) is 4.57 Å². The number of rotatable bonds is 7. The summed E-state index contributed by atoms with van der Waals surface area (Å²) in [6.45, 7) is 4.82. The predicted molar refractivity (Wildman–Crippen MR) is 259 cm³/mol. The molecule has 0 saturated carbocycles. The maximum Gasteiger partial charge on any atom is 0.122 e. The van der Waals surface area contributed by atoms with Crippen LogP contribution in [0.1, 0.15) is 42.5 Å². The summed E-state index contributed by atoms with van der Waals surface area (Å²) >= 11 is 1.87. The second-order valence-electron chi connectivity index (χ2n) is 17.2. The molecule has 10 aromatic rings. The minimum Gasteiger partial charge on any atom is -0.296 e. The average Bonchev–Trinajstić information content (AvgIpc) is 4.10. The zero-order valence-electron chi connectivity index (χ0n) is 34.4. The molecule has 0 fully saturated rings. The molecule has 2 aromatic heterocycles. The highest BCUT2D eigenvalue weighted by molar-refractivity contribution is 7.25. The average molecular weight is 801 g/mol. The molecule has 12 rings (SSSR count). The van der Waals surface area contributed by atoms with Crippen LogP contribution in [0, 0.1) is 0 Å². The summed E-state index contributed by atoms with van der Waals surface area (Å²) in [4.78, 5) is 2.51. The Labute approximate surface area is 361 Å². The van der Waals surface area contributed by atoms with Crippen molar-refractivity contribution < 1.29 is 0 Å². The number of benzene rings is 8. The Morgan fingerprint density at radius 3 is 2.05 bits per heavy atom. The molecule has 2 aliphatic rings. The number of hydrogen-bond donors (Lipinski definition) is 0. The fraction of sp³-hybridized carbons (Fsp3) is 0.103. The Hall–Kier alpha value is -6.94. The normalized spacial score (nSPS) is 13.7. The van der Waals surface area contributed by atoms with Crippen molar-refractivity contribution in [3.63, 3.8) is 0 Å². The van der Waals surface area contributed by atoms with Gasteiger partial charge in [-0.25, -0.2) is 0 Å². The van der Waals surface area contributed by atoms with Crippen LogP contribution in [0.15, 0.2) is 194 Å². The molecule has 0 saturated heterocycles. The van der Waals surface area contributed by atoms with Gasteiger partial charge in [-0.05, 0) is 136 Å². The maximum atomic E-state index is 2.51. The van der Waals surface area contributed by atoms with Crippen molar-refractivity contribution in [1.29, 1.82) is 0 Å². The summed E-state index contributed by atoms with van der Waals surface area (Å²) in [5.74, 6) is 1.09. The highest BCUT2D eigenvalue weighted by Gasteiger charge is 2.38. The number of anilines is 3. The van der Waals surface area contributed by atoms with Gasteiger partial charge >= 0.3 is 0 Å². The van der Waals surface area contributed by atoms with Gasteiger partial charge in [0.05, 0.1) is 5.69 Å². The lowest BCUT2D eigenvalue weighted by atomic mass is 9.81. The molecule has 8 aromatic carbocycles. The Bertz CT molecular complexity index is 3300. The van der Waals surface area contributed by atoms with Gasteiger partial charge in [0.2, 0.25) is 0 Å². The van der Waals surface area contributed by atoms with E-state index in [0.29, 0.717) is 0 Å². The first kappa shape index (κ1) is 36.0. The second-order valence-corrected chi connectivity index (χ2v) is 18.3. The molecule has 0 spiro atoms. The molecule has 0 unspecified atom stereocenters. The van der Waals surface area contributed by atoms with Gasteiger partial charge in [-0.1, -0.05) is 147 Å². The Morgan fingerprint density at radius 1 is 0.492 bits per heavy atom. The van der Waals surface area contributed by atoms with E-state index < -0.39 is 0 Å². The van der Waals surface area contributed by atoms with Crippen LogP contribution >= 0.6 is 11.3 Å². The van der Waals surface area contributed by atoms with Crippen LogP contribution in [0.2, 0.25) is 0 Å². The van der Waals surface area contributed by atoms with E-state index in [-0.39, 0.29) is 5.41 Å². The van der Waals surface area contributed by atoms with Crippen LogP contribution in [0.3, 0.4) is 0 Å². The Balaban J connectivity index is 1.13. The van der Waals surface area contributed by atoms with Gasteiger partial charge in [0, 0.05) is 48.2 Å². The third-order valence-corrected chi connectivity index (χ3v) is 14.5. The number of hydrogen-bond acceptors (Lipinski definition) is 2. The fourth-order valence-corrected chi connectivity index (χ4v) is 11.6. The van der Waals surface area contributed by atoms with Gasteiger partial charge in [0.15, 0.2) is 0 Å². The molecule has 0 atom stereocenters. The summed E-state index contributed by atoms with van der Waals surface area (Å²) in [6.07, 6.45) is 3.47. The van der Waals surface area contributed by atoms with Crippen LogP contribution in [0.25, 0.3) is 70.5 Å². The minimum atomic E-state index is -0.191. The SMILES string of the molecule is CC1(C)c2ccccc2-c2c(-c3cccc4c3CCC4)cc(N(c3ccc(-c4ccccc4)cc3)c3ccc(-c4ccc5c(c4)sc4ccccc45)n3-c3ccccc3)cc21. The van der Waals surface area contributed by atoms with Crippen molar-refractivity contribution >= 4 is 48.7 Å². The molecule has 2 nitrogen and oxygen atoms in total. The Morgan fingerprint density at radius 2 is 1.20 bits per heavy atom. The molecule has 2 aliphatic carbocycles. The van der Waals surface area contributed by atoms with Gasteiger partial charge in [-0.15, -0.1) is 11.3 Å². The molecule has 61 heavy (non-hydrogen) atoms. The highest BCUT2D eigenvalue weighted by atomic mass is 32.1. The lowest BCUT2D eigenvalue weighted by Crippen LogP contribution is -2.18. The first-order chi connectivity index (χ1) is 30.0. The third kappa shape index (κ3) is 5.75. The molecule has 0 radical (unpaired) electrons. The maximum absolute atomic E-state index is 2.51. The molecule has 292 valence electrons. The van der Waals surface area contributed by atoms with Gasteiger partial charge in [0.1, 0.15) is 5.82 Å². The number of fused-ring (bicyclic) bond motifs is 7. The Kier molecular flexibility index (Phi) is 8.30. The van der Waals surface area contributed by atoms with Crippen molar-refractivity contribution in [2.45, 2.75) is 38.5 Å². The molecule has 0 N–H and O–H groups in total. The van der Waals surface area contributed by atoms with Crippen molar-refractivity contribution in [3.05, 3.63) is 216 Å². The standard InChI is InChI=1S/C58H44N2S/c1-58(2)51-25-11-9-22-49(51)57-50(46-24-14-18-40-17-13-23-45(40)46)36-44(37-52(57)58)59(43-30-27-39(28-31-43)38-15-5-3-6-16-38)56-34-33-53(60(56)42-19-7-4-8-20-42)41-29-32-48-47-21-10-12-26-54(47)61-55(48)35-41/h3-12,14-16,18-22,24-37H,13,17,23H2,1-2H3. The van der Waals surface area contributed by atoms with E-state index in [2.05, 4.69) is 217 Å². The van der Waals surface area contributed by atoms with E-state index in [1.165, 1.54) is 87.8 Å². The van der Waals surface area contributed by atoms with Crippen LogP contribution in [-0.4, -0.2) is 4.57 Å². The summed E-state index contributed by atoms with van der Waals surface area (Å²) in [7, 11) is 0. The summed E-state index contributed by atoms with van der Waals surface area (Å²) in [5, 5.41) is 2.63. The van der Waals surface area contributed by atoms with Crippen LogP contribution < -0.4 is 4.90 Å². The molecule has 0 aliphatic heterocycles. The minimum absolute atomic E-state index is 0.191. The summed E-state index contributed by atoms with van der Waals surface area (Å²) < 4.78 is 5.09. The quantitative estimate of drug-likeness (QED) is 0.156. The third-order valence-electron chi connectivity index (χ3n) is 13.4. The number of aromatic nitrogens is 1.